The average Bonchev–Trinajstić information content (AvgIpc) is 2.50. The van der Waals surface area contributed by atoms with Crippen LogP contribution >= 0.6 is 0 Å². The fraction of sp³-hybridized carbons (Fsp3) is 0.556. The molecule has 8 heteroatoms. The van der Waals surface area contributed by atoms with Gasteiger partial charge in [-0.2, -0.15) is 0 Å². The second kappa shape index (κ2) is 10.4. The van der Waals surface area contributed by atoms with Crippen LogP contribution in [0.15, 0.2) is 24.3 Å². The first-order valence-corrected chi connectivity index (χ1v) is 8.24. The van der Waals surface area contributed by atoms with Gasteiger partial charge in [0.1, 0.15) is 24.4 Å². The molecule has 1 aliphatic rings. The SMILES string of the molecule is CC(=O)O[C@H](/C=C/[C@H]1CC=CC(=O)O1)C[C@@H](OC(C)=O)[C@H](C)OC(C)=O. The molecule has 1 heterocycles. The number of cyclic esters (lactones) is 1. The average molecular weight is 368 g/mol. The van der Waals surface area contributed by atoms with Gasteiger partial charge in [-0.05, 0) is 19.1 Å². The minimum Gasteiger partial charge on any atom is -0.459 e. The molecule has 0 aromatic carbocycles. The zero-order chi connectivity index (χ0) is 19.7. The van der Waals surface area contributed by atoms with Crippen molar-refractivity contribution in [2.75, 3.05) is 0 Å². The highest BCUT2D eigenvalue weighted by atomic mass is 16.6. The Bertz CT molecular complexity index is 592. The molecule has 0 aromatic rings. The van der Waals surface area contributed by atoms with Gasteiger partial charge in [0.15, 0.2) is 0 Å². The Morgan fingerprint density at radius 2 is 1.77 bits per heavy atom. The van der Waals surface area contributed by atoms with Crippen molar-refractivity contribution in [1.29, 1.82) is 0 Å². The molecular weight excluding hydrogens is 344 g/mol. The van der Waals surface area contributed by atoms with Crippen molar-refractivity contribution in [1.82, 2.24) is 0 Å². The van der Waals surface area contributed by atoms with Crippen LogP contribution in [-0.4, -0.2) is 48.3 Å². The third-order valence-electron chi connectivity index (χ3n) is 3.40. The van der Waals surface area contributed by atoms with E-state index in [4.69, 9.17) is 18.9 Å². The summed E-state index contributed by atoms with van der Waals surface area (Å²) in [5.41, 5.74) is 0. The third kappa shape index (κ3) is 8.46. The van der Waals surface area contributed by atoms with E-state index in [0.717, 1.165) is 0 Å². The van der Waals surface area contributed by atoms with E-state index in [2.05, 4.69) is 0 Å². The second-order valence-electron chi connectivity index (χ2n) is 5.84. The lowest BCUT2D eigenvalue weighted by Gasteiger charge is -2.26. The summed E-state index contributed by atoms with van der Waals surface area (Å²) >= 11 is 0. The van der Waals surface area contributed by atoms with Gasteiger partial charge < -0.3 is 18.9 Å². The lowest BCUT2D eigenvalue weighted by atomic mass is 10.1. The summed E-state index contributed by atoms with van der Waals surface area (Å²) < 4.78 is 20.6. The van der Waals surface area contributed by atoms with E-state index in [1.807, 2.05) is 0 Å². The largest absolute Gasteiger partial charge is 0.459 e. The Labute approximate surface area is 152 Å². The molecule has 0 spiro atoms. The molecule has 0 radical (unpaired) electrons. The molecule has 4 atom stereocenters. The highest BCUT2D eigenvalue weighted by molar-refractivity contribution is 5.82. The standard InChI is InChI=1S/C18H24O8/c1-11(23-12(2)19)17(25-14(4)21)10-16(24-13(3)20)9-8-15-6-5-7-18(22)26-15/h5,7-9,11,15-17H,6,10H2,1-4H3/b9-8+/t11-,15+,16+,17+/m0/s1. The van der Waals surface area contributed by atoms with Crippen LogP contribution in [0.4, 0.5) is 0 Å². The van der Waals surface area contributed by atoms with Gasteiger partial charge in [-0.15, -0.1) is 0 Å². The first kappa shape index (κ1) is 21.4. The first-order valence-electron chi connectivity index (χ1n) is 8.24. The smallest absolute Gasteiger partial charge is 0.331 e. The van der Waals surface area contributed by atoms with Crippen LogP contribution in [0, 0.1) is 0 Å². The van der Waals surface area contributed by atoms with Crippen LogP contribution in [-0.2, 0) is 38.1 Å². The number of carbonyl (C=O) groups excluding carboxylic acids is 4. The third-order valence-corrected chi connectivity index (χ3v) is 3.40. The maximum absolute atomic E-state index is 11.4. The van der Waals surface area contributed by atoms with E-state index < -0.39 is 48.3 Å². The van der Waals surface area contributed by atoms with Crippen LogP contribution in [0.3, 0.4) is 0 Å². The Balaban J connectivity index is 2.84. The minimum atomic E-state index is -0.806. The summed E-state index contributed by atoms with van der Waals surface area (Å²) in [6, 6.07) is 0. The van der Waals surface area contributed by atoms with Crippen LogP contribution in [0.2, 0.25) is 0 Å². The van der Waals surface area contributed by atoms with Crippen molar-refractivity contribution >= 4 is 23.9 Å². The molecule has 1 rings (SSSR count). The Kier molecular flexibility index (Phi) is 8.54. The van der Waals surface area contributed by atoms with Gasteiger partial charge in [-0.3, -0.25) is 14.4 Å². The number of hydrogen-bond acceptors (Lipinski definition) is 8. The summed E-state index contributed by atoms with van der Waals surface area (Å²) in [6.07, 6.45) is 4.04. The van der Waals surface area contributed by atoms with Gasteiger partial charge in [0.25, 0.3) is 0 Å². The molecule has 144 valence electrons. The zero-order valence-corrected chi connectivity index (χ0v) is 15.3. The fourth-order valence-electron chi connectivity index (χ4n) is 2.40. The molecule has 1 aliphatic heterocycles. The summed E-state index contributed by atoms with van der Waals surface area (Å²) in [6.45, 7) is 5.31. The molecular formula is C18H24O8. The van der Waals surface area contributed by atoms with Gasteiger partial charge in [0.05, 0.1) is 0 Å². The molecule has 0 fully saturated rings. The van der Waals surface area contributed by atoms with Gasteiger partial charge in [0.2, 0.25) is 0 Å². The Hall–Kier alpha value is -2.64. The van der Waals surface area contributed by atoms with Gasteiger partial charge in [0, 0.05) is 39.7 Å². The monoisotopic (exact) mass is 368 g/mol. The number of ether oxygens (including phenoxy) is 4. The van der Waals surface area contributed by atoms with Crippen LogP contribution in [0.25, 0.3) is 0 Å². The topological polar surface area (TPSA) is 105 Å². The molecule has 8 nitrogen and oxygen atoms in total. The number of esters is 4. The number of hydrogen-bond donors (Lipinski definition) is 0. The summed E-state index contributed by atoms with van der Waals surface area (Å²) in [7, 11) is 0. The minimum absolute atomic E-state index is 0.0839. The Morgan fingerprint density at radius 3 is 2.31 bits per heavy atom. The lowest BCUT2D eigenvalue weighted by molar-refractivity contribution is -0.167. The van der Waals surface area contributed by atoms with Crippen LogP contribution in [0.5, 0.6) is 0 Å². The summed E-state index contributed by atoms with van der Waals surface area (Å²) in [5, 5.41) is 0. The van der Waals surface area contributed by atoms with Gasteiger partial charge in [-0.25, -0.2) is 4.79 Å². The van der Waals surface area contributed by atoms with Crippen LogP contribution < -0.4 is 0 Å². The van der Waals surface area contributed by atoms with E-state index in [-0.39, 0.29) is 6.42 Å². The second-order valence-corrected chi connectivity index (χ2v) is 5.84. The highest BCUT2D eigenvalue weighted by Gasteiger charge is 2.27. The molecule has 0 saturated carbocycles. The molecule has 0 N–H and O–H groups in total. The molecule has 0 aromatic heterocycles. The van der Waals surface area contributed by atoms with E-state index >= 15 is 0 Å². The zero-order valence-electron chi connectivity index (χ0n) is 15.3. The molecule has 0 aliphatic carbocycles. The first-order chi connectivity index (χ1) is 12.2. The van der Waals surface area contributed by atoms with E-state index in [0.29, 0.717) is 6.42 Å². The van der Waals surface area contributed by atoms with Crippen molar-refractivity contribution in [3.63, 3.8) is 0 Å². The predicted molar refractivity (Wildman–Crippen MR) is 89.7 cm³/mol. The lowest BCUT2D eigenvalue weighted by Crippen LogP contribution is -2.36. The van der Waals surface area contributed by atoms with Crippen molar-refractivity contribution in [3.8, 4) is 0 Å². The van der Waals surface area contributed by atoms with Crippen LogP contribution in [0.1, 0.15) is 40.5 Å². The van der Waals surface area contributed by atoms with Crippen molar-refractivity contribution in [3.05, 3.63) is 24.3 Å². The number of carbonyl (C=O) groups is 4. The fourth-order valence-corrected chi connectivity index (χ4v) is 2.40. The molecule has 26 heavy (non-hydrogen) atoms. The van der Waals surface area contributed by atoms with E-state index in [9.17, 15) is 19.2 Å². The quantitative estimate of drug-likeness (QED) is 0.361. The normalized spacial score (nSPS) is 20.0. The number of rotatable bonds is 8. The van der Waals surface area contributed by atoms with E-state index in [1.165, 1.54) is 26.8 Å². The molecule has 0 amide bonds. The van der Waals surface area contributed by atoms with Crippen molar-refractivity contribution < 1.29 is 38.1 Å². The molecule has 0 saturated heterocycles. The van der Waals surface area contributed by atoms with Crippen molar-refractivity contribution in [2.24, 2.45) is 0 Å². The summed E-state index contributed by atoms with van der Waals surface area (Å²) in [5.74, 6) is -2.04. The maximum atomic E-state index is 11.4. The van der Waals surface area contributed by atoms with Gasteiger partial charge in [-0.1, -0.05) is 6.08 Å². The van der Waals surface area contributed by atoms with E-state index in [1.54, 1.807) is 25.2 Å². The Morgan fingerprint density at radius 1 is 1.15 bits per heavy atom. The summed E-state index contributed by atoms with van der Waals surface area (Å²) in [4.78, 5) is 45.1. The highest BCUT2D eigenvalue weighted by Crippen LogP contribution is 2.17. The molecule has 0 unspecified atom stereocenters. The van der Waals surface area contributed by atoms with Crippen molar-refractivity contribution in [2.45, 2.75) is 65.0 Å². The molecule has 0 bridgehead atoms. The van der Waals surface area contributed by atoms with Gasteiger partial charge >= 0.3 is 23.9 Å². The predicted octanol–water partition coefficient (Wildman–Crippen LogP) is 1.62. The maximum Gasteiger partial charge on any atom is 0.331 e.